The van der Waals surface area contributed by atoms with Gasteiger partial charge in [-0.2, -0.15) is 0 Å². The van der Waals surface area contributed by atoms with E-state index in [1.807, 2.05) is 10.3 Å². The largest absolute Gasteiger partial charge is 0.465 e. The molecule has 0 spiro atoms. The molecule has 1 fully saturated rings. The molecule has 1 aromatic heterocycles. The molecule has 1 amide bonds. The van der Waals surface area contributed by atoms with Crippen molar-refractivity contribution >= 4 is 17.2 Å². The van der Waals surface area contributed by atoms with Crippen LogP contribution in [0.1, 0.15) is 32.6 Å². The summed E-state index contributed by atoms with van der Waals surface area (Å²) in [7, 11) is 0. The lowest BCUT2D eigenvalue weighted by molar-refractivity contribution is -0.130. The quantitative estimate of drug-likeness (QED) is 0.809. The Labute approximate surface area is 106 Å². The van der Waals surface area contributed by atoms with Crippen LogP contribution in [-0.2, 0) is 4.79 Å². The van der Waals surface area contributed by atoms with E-state index in [0.29, 0.717) is 18.2 Å². The van der Waals surface area contributed by atoms with Gasteiger partial charge in [0.05, 0.1) is 6.54 Å². The average molecular weight is 254 g/mol. The van der Waals surface area contributed by atoms with Gasteiger partial charge in [-0.25, -0.2) is 4.98 Å². The SMILES string of the molecule is CCCCC(=O)N1CCC(Oc2nccs2)C1. The minimum atomic E-state index is 0.117. The van der Waals surface area contributed by atoms with E-state index in [0.717, 1.165) is 25.8 Å². The van der Waals surface area contributed by atoms with E-state index in [1.165, 1.54) is 11.3 Å². The lowest BCUT2D eigenvalue weighted by Crippen LogP contribution is -2.30. The number of unbranched alkanes of at least 4 members (excludes halogenated alkanes) is 1. The van der Waals surface area contributed by atoms with Crippen LogP contribution in [0.15, 0.2) is 11.6 Å². The smallest absolute Gasteiger partial charge is 0.273 e. The van der Waals surface area contributed by atoms with Gasteiger partial charge in [0.2, 0.25) is 5.91 Å². The average Bonchev–Trinajstić information content (AvgIpc) is 2.98. The number of nitrogens with zero attached hydrogens (tertiary/aromatic N) is 2. The number of carbonyl (C=O) groups excluding carboxylic acids is 1. The highest BCUT2D eigenvalue weighted by atomic mass is 32.1. The second kappa shape index (κ2) is 6.00. The fourth-order valence-corrected chi connectivity index (χ4v) is 2.50. The predicted octanol–water partition coefficient (Wildman–Crippen LogP) is 2.31. The van der Waals surface area contributed by atoms with Crippen LogP contribution < -0.4 is 4.74 Å². The zero-order valence-corrected chi connectivity index (χ0v) is 10.9. The first kappa shape index (κ1) is 12.4. The van der Waals surface area contributed by atoms with Crippen LogP contribution in [0, 0.1) is 0 Å². The zero-order chi connectivity index (χ0) is 12.1. The van der Waals surface area contributed by atoms with E-state index in [2.05, 4.69) is 11.9 Å². The molecule has 1 unspecified atom stereocenters. The van der Waals surface area contributed by atoms with Crippen molar-refractivity contribution in [2.75, 3.05) is 13.1 Å². The number of ether oxygens (including phenoxy) is 1. The van der Waals surface area contributed by atoms with E-state index in [1.54, 1.807) is 6.20 Å². The van der Waals surface area contributed by atoms with Crippen molar-refractivity contribution in [1.82, 2.24) is 9.88 Å². The Hall–Kier alpha value is -1.10. The minimum absolute atomic E-state index is 0.117. The third-order valence-electron chi connectivity index (χ3n) is 2.92. The fraction of sp³-hybridized carbons (Fsp3) is 0.667. The molecule has 17 heavy (non-hydrogen) atoms. The summed E-state index contributed by atoms with van der Waals surface area (Å²) in [6.45, 7) is 3.63. The van der Waals surface area contributed by atoms with Crippen molar-refractivity contribution in [2.24, 2.45) is 0 Å². The van der Waals surface area contributed by atoms with Gasteiger partial charge in [-0.15, -0.1) is 0 Å². The van der Waals surface area contributed by atoms with Crippen LogP contribution in [-0.4, -0.2) is 35.0 Å². The molecule has 1 saturated heterocycles. The van der Waals surface area contributed by atoms with Crippen molar-refractivity contribution < 1.29 is 9.53 Å². The van der Waals surface area contributed by atoms with Crippen molar-refractivity contribution in [1.29, 1.82) is 0 Å². The third kappa shape index (κ3) is 3.43. The van der Waals surface area contributed by atoms with Gasteiger partial charge in [-0.3, -0.25) is 4.79 Å². The maximum absolute atomic E-state index is 11.8. The molecule has 0 N–H and O–H groups in total. The van der Waals surface area contributed by atoms with E-state index in [4.69, 9.17) is 4.74 Å². The van der Waals surface area contributed by atoms with E-state index < -0.39 is 0 Å². The highest BCUT2D eigenvalue weighted by Gasteiger charge is 2.27. The molecule has 1 atom stereocenters. The van der Waals surface area contributed by atoms with Crippen molar-refractivity contribution in [3.05, 3.63) is 11.6 Å². The first-order valence-electron chi connectivity index (χ1n) is 6.13. The van der Waals surface area contributed by atoms with Gasteiger partial charge in [0.25, 0.3) is 5.19 Å². The van der Waals surface area contributed by atoms with Gasteiger partial charge in [-0.1, -0.05) is 24.7 Å². The maximum atomic E-state index is 11.8. The summed E-state index contributed by atoms with van der Waals surface area (Å²) in [6, 6.07) is 0. The van der Waals surface area contributed by atoms with Gasteiger partial charge in [-0.05, 0) is 6.42 Å². The molecule has 5 heteroatoms. The molecule has 4 nitrogen and oxygen atoms in total. The summed E-state index contributed by atoms with van der Waals surface area (Å²) in [5.41, 5.74) is 0. The van der Waals surface area contributed by atoms with Gasteiger partial charge < -0.3 is 9.64 Å². The number of likely N-dealkylation sites (tertiary alicyclic amines) is 1. The molecule has 1 aliphatic rings. The van der Waals surface area contributed by atoms with Gasteiger partial charge in [0.1, 0.15) is 6.10 Å². The monoisotopic (exact) mass is 254 g/mol. The number of amides is 1. The topological polar surface area (TPSA) is 42.4 Å². The highest BCUT2D eigenvalue weighted by Crippen LogP contribution is 2.20. The minimum Gasteiger partial charge on any atom is -0.465 e. The van der Waals surface area contributed by atoms with Crippen LogP contribution in [0.25, 0.3) is 0 Å². The molecule has 2 heterocycles. The number of hydrogen-bond acceptors (Lipinski definition) is 4. The molecule has 2 rings (SSSR count). The highest BCUT2D eigenvalue weighted by molar-refractivity contribution is 7.11. The van der Waals surface area contributed by atoms with Crippen LogP contribution in [0.3, 0.4) is 0 Å². The van der Waals surface area contributed by atoms with Crippen LogP contribution >= 0.6 is 11.3 Å². The number of hydrogen-bond donors (Lipinski definition) is 0. The van der Waals surface area contributed by atoms with Crippen LogP contribution in [0.2, 0.25) is 0 Å². The Balaban J connectivity index is 1.77. The number of rotatable bonds is 5. The molecule has 0 saturated carbocycles. The second-order valence-electron chi connectivity index (χ2n) is 4.27. The van der Waals surface area contributed by atoms with Crippen molar-refractivity contribution in [2.45, 2.75) is 38.7 Å². The summed E-state index contributed by atoms with van der Waals surface area (Å²) in [5.74, 6) is 0.261. The van der Waals surface area contributed by atoms with Gasteiger partial charge in [0, 0.05) is 31.0 Å². The lowest BCUT2D eigenvalue weighted by atomic mass is 10.2. The molecular formula is C12H18N2O2S. The summed E-state index contributed by atoms with van der Waals surface area (Å²) >= 11 is 1.50. The molecule has 94 valence electrons. The normalized spacial score (nSPS) is 19.6. The zero-order valence-electron chi connectivity index (χ0n) is 10.1. The van der Waals surface area contributed by atoms with E-state index in [-0.39, 0.29) is 12.0 Å². The van der Waals surface area contributed by atoms with E-state index in [9.17, 15) is 4.79 Å². The Bertz CT molecular complexity index is 353. The summed E-state index contributed by atoms with van der Waals surface area (Å²) in [4.78, 5) is 17.8. The Morgan fingerprint density at radius 1 is 1.71 bits per heavy atom. The number of carbonyl (C=O) groups is 1. The van der Waals surface area contributed by atoms with Gasteiger partial charge in [0.15, 0.2) is 0 Å². The lowest BCUT2D eigenvalue weighted by Gasteiger charge is -2.16. The van der Waals surface area contributed by atoms with Gasteiger partial charge >= 0.3 is 0 Å². The molecule has 1 aliphatic heterocycles. The standard InChI is InChI=1S/C12H18N2O2S/c1-2-3-4-11(15)14-7-5-10(9-14)16-12-13-6-8-17-12/h6,8,10H,2-5,7,9H2,1H3. The Kier molecular flexibility index (Phi) is 4.36. The first-order valence-corrected chi connectivity index (χ1v) is 7.01. The second-order valence-corrected chi connectivity index (χ2v) is 5.13. The summed E-state index contributed by atoms with van der Waals surface area (Å²) in [5, 5.41) is 2.60. The molecule has 0 bridgehead atoms. The predicted molar refractivity (Wildman–Crippen MR) is 67.3 cm³/mol. The molecule has 0 aromatic carbocycles. The summed E-state index contributed by atoms with van der Waals surface area (Å²) in [6.07, 6.45) is 5.48. The Morgan fingerprint density at radius 3 is 3.29 bits per heavy atom. The number of aromatic nitrogens is 1. The third-order valence-corrected chi connectivity index (χ3v) is 3.58. The number of thiazole rings is 1. The summed E-state index contributed by atoms with van der Waals surface area (Å²) < 4.78 is 5.71. The van der Waals surface area contributed by atoms with Crippen LogP contribution in [0.4, 0.5) is 0 Å². The molecule has 0 aliphatic carbocycles. The van der Waals surface area contributed by atoms with E-state index >= 15 is 0 Å². The van der Waals surface area contributed by atoms with Crippen molar-refractivity contribution in [3.8, 4) is 5.19 Å². The molecule has 1 aromatic rings. The Morgan fingerprint density at radius 2 is 2.59 bits per heavy atom. The molecular weight excluding hydrogens is 236 g/mol. The fourth-order valence-electron chi connectivity index (χ4n) is 1.95. The first-order chi connectivity index (χ1) is 8.29. The maximum Gasteiger partial charge on any atom is 0.273 e. The van der Waals surface area contributed by atoms with Crippen LogP contribution in [0.5, 0.6) is 5.19 Å². The van der Waals surface area contributed by atoms with Crippen molar-refractivity contribution in [3.63, 3.8) is 0 Å². The molecule has 0 radical (unpaired) electrons.